The van der Waals surface area contributed by atoms with E-state index in [4.69, 9.17) is 16.9 Å². The van der Waals surface area contributed by atoms with Gasteiger partial charge in [-0.3, -0.25) is 10.1 Å². The lowest BCUT2D eigenvalue weighted by atomic mass is 10.0. The SMILES string of the molecule is Cc1nn(-c2ccc(C#N)c(Cl)c2)c(C)c1Cc1ccc(C(=O)Nc2nccs2)cc1. The van der Waals surface area contributed by atoms with Crippen LogP contribution in [0.2, 0.25) is 5.02 Å². The molecule has 2 aromatic heterocycles. The van der Waals surface area contributed by atoms with Gasteiger partial charge in [0.2, 0.25) is 0 Å². The van der Waals surface area contributed by atoms with E-state index < -0.39 is 0 Å². The molecule has 0 saturated carbocycles. The van der Waals surface area contributed by atoms with Crippen molar-refractivity contribution < 1.29 is 4.79 Å². The summed E-state index contributed by atoms with van der Waals surface area (Å²) in [6.07, 6.45) is 2.34. The molecule has 0 saturated heterocycles. The number of aryl methyl sites for hydroxylation is 1. The summed E-state index contributed by atoms with van der Waals surface area (Å²) in [5, 5.41) is 19.3. The van der Waals surface area contributed by atoms with E-state index in [1.807, 2.05) is 54.2 Å². The Bertz CT molecular complexity index is 1290. The average Bonchev–Trinajstić information content (AvgIpc) is 3.37. The zero-order valence-electron chi connectivity index (χ0n) is 16.9. The molecule has 0 aliphatic heterocycles. The summed E-state index contributed by atoms with van der Waals surface area (Å²) in [6.45, 7) is 3.98. The standard InChI is InChI=1S/C23H18ClN5OS/c1-14-20(15(2)29(28-14)19-8-7-18(13-25)21(24)12-19)11-16-3-5-17(6-4-16)22(30)27-23-26-9-10-31-23/h3-10,12H,11H2,1-2H3,(H,26,27,30). The zero-order valence-corrected chi connectivity index (χ0v) is 18.5. The first-order chi connectivity index (χ1) is 15.0. The van der Waals surface area contributed by atoms with Crippen molar-refractivity contribution in [1.82, 2.24) is 14.8 Å². The summed E-state index contributed by atoms with van der Waals surface area (Å²) in [5.41, 5.74) is 5.94. The maximum Gasteiger partial charge on any atom is 0.257 e. The number of anilines is 1. The second kappa shape index (κ2) is 8.72. The fraction of sp³-hybridized carbons (Fsp3) is 0.130. The molecular formula is C23H18ClN5OS. The Hall–Kier alpha value is -3.47. The number of benzene rings is 2. The lowest BCUT2D eigenvalue weighted by molar-refractivity contribution is 0.102. The number of nitrogens with zero attached hydrogens (tertiary/aromatic N) is 4. The first kappa shape index (κ1) is 20.8. The molecule has 0 atom stereocenters. The summed E-state index contributed by atoms with van der Waals surface area (Å²) in [6, 6.07) is 14.9. The van der Waals surface area contributed by atoms with Crippen molar-refractivity contribution in [2.45, 2.75) is 20.3 Å². The smallest absolute Gasteiger partial charge is 0.257 e. The predicted molar refractivity (Wildman–Crippen MR) is 122 cm³/mol. The Morgan fingerprint density at radius 2 is 2.00 bits per heavy atom. The second-order valence-corrected chi connectivity index (χ2v) is 8.30. The highest BCUT2D eigenvalue weighted by Gasteiger charge is 2.15. The maximum absolute atomic E-state index is 12.3. The van der Waals surface area contributed by atoms with Gasteiger partial charge in [0.15, 0.2) is 5.13 Å². The minimum atomic E-state index is -0.181. The summed E-state index contributed by atoms with van der Waals surface area (Å²) < 4.78 is 1.84. The topological polar surface area (TPSA) is 83.6 Å². The number of nitriles is 1. The molecule has 4 rings (SSSR count). The van der Waals surface area contributed by atoms with E-state index in [0.29, 0.717) is 27.7 Å². The van der Waals surface area contributed by atoms with Crippen LogP contribution < -0.4 is 5.32 Å². The van der Waals surface area contributed by atoms with Crippen LogP contribution in [0.25, 0.3) is 5.69 Å². The van der Waals surface area contributed by atoms with Crippen LogP contribution in [0.4, 0.5) is 5.13 Å². The minimum Gasteiger partial charge on any atom is -0.298 e. The van der Waals surface area contributed by atoms with Crippen molar-refractivity contribution in [3.05, 3.63) is 92.7 Å². The van der Waals surface area contributed by atoms with Crippen LogP contribution in [0, 0.1) is 25.2 Å². The Balaban J connectivity index is 1.54. The fourth-order valence-corrected chi connectivity index (χ4v) is 4.08. The van der Waals surface area contributed by atoms with Crippen LogP contribution in [-0.4, -0.2) is 20.7 Å². The van der Waals surface area contributed by atoms with Gasteiger partial charge in [-0.15, -0.1) is 11.3 Å². The normalized spacial score (nSPS) is 10.6. The third-order valence-electron chi connectivity index (χ3n) is 5.01. The highest BCUT2D eigenvalue weighted by atomic mass is 35.5. The zero-order chi connectivity index (χ0) is 22.0. The molecule has 0 fully saturated rings. The van der Waals surface area contributed by atoms with Gasteiger partial charge in [0.25, 0.3) is 5.91 Å². The molecule has 0 spiro atoms. The summed E-state index contributed by atoms with van der Waals surface area (Å²) in [5.74, 6) is -0.181. The van der Waals surface area contributed by atoms with Crippen LogP contribution >= 0.6 is 22.9 Å². The average molecular weight is 448 g/mol. The molecule has 2 heterocycles. The van der Waals surface area contributed by atoms with Crippen molar-refractivity contribution in [3.63, 3.8) is 0 Å². The molecule has 31 heavy (non-hydrogen) atoms. The first-order valence-electron chi connectivity index (χ1n) is 9.51. The largest absolute Gasteiger partial charge is 0.298 e. The first-order valence-corrected chi connectivity index (χ1v) is 10.8. The van der Waals surface area contributed by atoms with Gasteiger partial charge >= 0.3 is 0 Å². The summed E-state index contributed by atoms with van der Waals surface area (Å²) in [7, 11) is 0. The molecule has 0 radical (unpaired) electrons. The van der Waals surface area contributed by atoms with Gasteiger partial charge in [-0.2, -0.15) is 10.4 Å². The Kier molecular flexibility index (Phi) is 5.85. The van der Waals surface area contributed by atoms with E-state index in [-0.39, 0.29) is 5.91 Å². The molecule has 8 heteroatoms. The van der Waals surface area contributed by atoms with Crippen LogP contribution in [0.1, 0.15) is 38.4 Å². The number of aromatic nitrogens is 3. The van der Waals surface area contributed by atoms with E-state index in [1.165, 1.54) is 11.3 Å². The Morgan fingerprint density at radius 3 is 2.65 bits per heavy atom. The lowest BCUT2D eigenvalue weighted by Crippen LogP contribution is -2.11. The van der Waals surface area contributed by atoms with Crippen LogP contribution in [0.3, 0.4) is 0 Å². The quantitative estimate of drug-likeness (QED) is 0.449. The number of carbonyl (C=O) groups excluding carboxylic acids is 1. The number of carbonyl (C=O) groups is 1. The van der Waals surface area contributed by atoms with Gasteiger partial charge in [-0.05, 0) is 49.7 Å². The Morgan fingerprint density at radius 1 is 1.23 bits per heavy atom. The molecular weight excluding hydrogens is 430 g/mol. The molecule has 0 unspecified atom stereocenters. The van der Waals surface area contributed by atoms with Gasteiger partial charge in [0.1, 0.15) is 6.07 Å². The third kappa shape index (κ3) is 4.36. The maximum atomic E-state index is 12.3. The van der Waals surface area contributed by atoms with Crippen molar-refractivity contribution >= 4 is 34.0 Å². The van der Waals surface area contributed by atoms with E-state index in [1.54, 1.807) is 18.3 Å². The van der Waals surface area contributed by atoms with Gasteiger partial charge in [0, 0.05) is 34.8 Å². The number of rotatable bonds is 5. The molecule has 0 aliphatic rings. The molecule has 6 nitrogen and oxygen atoms in total. The third-order valence-corrected chi connectivity index (χ3v) is 6.01. The van der Waals surface area contributed by atoms with Gasteiger partial charge in [0.05, 0.1) is 22.0 Å². The number of halogens is 1. The van der Waals surface area contributed by atoms with Gasteiger partial charge in [-0.1, -0.05) is 23.7 Å². The van der Waals surface area contributed by atoms with Crippen molar-refractivity contribution in [1.29, 1.82) is 5.26 Å². The van der Waals surface area contributed by atoms with E-state index in [2.05, 4.69) is 21.5 Å². The molecule has 154 valence electrons. The van der Waals surface area contributed by atoms with E-state index in [9.17, 15) is 4.79 Å². The van der Waals surface area contributed by atoms with E-state index in [0.717, 1.165) is 28.2 Å². The molecule has 4 aromatic rings. The number of hydrogen-bond donors (Lipinski definition) is 1. The monoisotopic (exact) mass is 447 g/mol. The van der Waals surface area contributed by atoms with Crippen LogP contribution in [-0.2, 0) is 6.42 Å². The van der Waals surface area contributed by atoms with Crippen LogP contribution in [0.5, 0.6) is 0 Å². The predicted octanol–water partition coefficient (Wildman–Crippen LogP) is 5.31. The van der Waals surface area contributed by atoms with Crippen molar-refractivity contribution in [3.8, 4) is 11.8 Å². The highest BCUT2D eigenvalue weighted by Crippen LogP contribution is 2.24. The molecule has 1 N–H and O–H groups in total. The minimum absolute atomic E-state index is 0.181. The van der Waals surface area contributed by atoms with Crippen LogP contribution in [0.15, 0.2) is 54.0 Å². The number of amides is 1. The van der Waals surface area contributed by atoms with Crippen molar-refractivity contribution in [2.24, 2.45) is 0 Å². The van der Waals surface area contributed by atoms with Gasteiger partial charge in [-0.25, -0.2) is 9.67 Å². The molecule has 2 aromatic carbocycles. The highest BCUT2D eigenvalue weighted by molar-refractivity contribution is 7.13. The van der Waals surface area contributed by atoms with Crippen molar-refractivity contribution in [2.75, 3.05) is 5.32 Å². The summed E-state index contributed by atoms with van der Waals surface area (Å²) >= 11 is 7.57. The van der Waals surface area contributed by atoms with E-state index >= 15 is 0 Å². The number of thiazole rings is 1. The number of hydrogen-bond acceptors (Lipinski definition) is 5. The van der Waals surface area contributed by atoms with Gasteiger partial charge < -0.3 is 0 Å². The molecule has 0 aliphatic carbocycles. The Labute approximate surface area is 188 Å². The molecule has 0 bridgehead atoms. The fourth-order valence-electron chi connectivity index (χ4n) is 3.34. The molecule has 1 amide bonds. The summed E-state index contributed by atoms with van der Waals surface area (Å²) in [4.78, 5) is 16.4. The lowest BCUT2D eigenvalue weighted by Gasteiger charge is -2.08. The second-order valence-electron chi connectivity index (χ2n) is 7.00. The number of nitrogens with one attached hydrogen (secondary N) is 1.